The Kier molecular flexibility index (Phi) is 1.97. The van der Waals surface area contributed by atoms with Crippen LogP contribution in [0.5, 0.6) is 0 Å². The maximum Gasteiger partial charge on any atom is 0.278 e. The normalized spacial score (nSPS) is 10.5. The number of aromatic nitrogens is 4. The first-order valence-corrected chi connectivity index (χ1v) is 4.78. The highest BCUT2D eigenvalue weighted by atomic mass is 32.2. The topological polar surface area (TPSA) is 71.5 Å². The van der Waals surface area contributed by atoms with E-state index in [9.17, 15) is 4.79 Å². The van der Waals surface area contributed by atoms with Crippen LogP contribution >= 0.6 is 11.8 Å². The number of H-pyrrole nitrogens is 1. The molecule has 0 unspecified atom stereocenters. The van der Waals surface area contributed by atoms with Gasteiger partial charge in [-0.15, -0.1) is 11.8 Å². The molecule has 0 amide bonds. The summed E-state index contributed by atoms with van der Waals surface area (Å²) in [6.07, 6.45) is 4.79. The molecule has 2 heterocycles. The van der Waals surface area contributed by atoms with Gasteiger partial charge in [-0.2, -0.15) is 0 Å². The Morgan fingerprint density at radius 2 is 2.31 bits per heavy atom. The van der Waals surface area contributed by atoms with Gasteiger partial charge in [0.15, 0.2) is 11.2 Å². The van der Waals surface area contributed by atoms with E-state index < -0.39 is 0 Å². The van der Waals surface area contributed by atoms with Gasteiger partial charge in [0.2, 0.25) is 0 Å². The molecule has 0 aliphatic rings. The van der Waals surface area contributed by atoms with E-state index in [0.29, 0.717) is 10.7 Å². The number of thioether (sulfide) groups is 1. The summed E-state index contributed by atoms with van der Waals surface area (Å²) in [6.45, 7) is 0. The molecule has 1 N–H and O–H groups in total. The zero-order chi connectivity index (χ0) is 9.26. The summed E-state index contributed by atoms with van der Waals surface area (Å²) >= 11 is 1.44. The van der Waals surface area contributed by atoms with Crippen molar-refractivity contribution in [3.8, 4) is 0 Å². The second-order valence-electron chi connectivity index (χ2n) is 2.32. The van der Waals surface area contributed by atoms with E-state index in [2.05, 4.69) is 19.9 Å². The van der Waals surface area contributed by atoms with Crippen LogP contribution in [-0.2, 0) is 0 Å². The molecule has 0 radical (unpaired) electrons. The van der Waals surface area contributed by atoms with Gasteiger partial charge < -0.3 is 4.98 Å². The van der Waals surface area contributed by atoms with Gasteiger partial charge in [0.25, 0.3) is 5.56 Å². The number of hydrogen-bond acceptors (Lipinski definition) is 5. The van der Waals surface area contributed by atoms with E-state index in [-0.39, 0.29) is 11.1 Å². The summed E-state index contributed by atoms with van der Waals surface area (Å²) in [5.74, 6) is 0. The van der Waals surface area contributed by atoms with Crippen LogP contribution < -0.4 is 5.56 Å². The van der Waals surface area contributed by atoms with Gasteiger partial charge >= 0.3 is 0 Å². The van der Waals surface area contributed by atoms with E-state index in [1.807, 2.05) is 6.26 Å². The molecule has 2 aromatic heterocycles. The number of nitrogens with zero attached hydrogens (tertiary/aromatic N) is 3. The lowest BCUT2D eigenvalue weighted by Gasteiger charge is -1.95. The van der Waals surface area contributed by atoms with Crippen molar-refractivity contribution in [3.05, 3.63) is 22.9 Å². The summed E-state index contributed by atoms with van der Waals surface area (Å²) in [6, 6.07) is 0. The average molecular weight is 194 g/mol. The smallest absolute Gasteiger partial charge is 0.278 e. The molecular formula is C7H6N4OS. The molecule has 13 heavy (non-hydrogen) atoms. The molecule has 66 valence electrons. The van der Waals surface area contributed by atoms with Gasteiger partial charge in [0, 0.05) is 0 Å². The summed E-state index contributed by atoms with van der Waals surface area (Å²) in [5.41, 5.74) is 0.407. The molecule has 2 aromatic rings. The molecule has 2 rings (SSSR count). The van der Waals surface area contributed by atoms with E-state index in [4.69, 9.17) is 0 Å². The summed E-state index contributed by atoms with van der Waals surface area (Å²) in [4.78, 5) is 25.7. The summed E-state index contributed by atoms with van der Waals surface area (Å²) in [7, 11) is 0. The van der Waals surface area contributed by atoms with Crippen LogP contribution in [0.1, 0.15) is 0 Å². The molecule has 0 fully saturated rings. The van der Waals surface area contributed by atoms with Crippen LogP contribution in [0.3, 0.4) is 0 Å². The van der Waals surface area contributed by atoms with Crippen LogP contribution in [0, 0.1) is 0 Å². The van der Waals surface area contributed by atoms with Crippen molar-refractivity contribution in [2.24, 2.45) is 0 Å². The van der Waals surface area contributed by atoms with Crippen molar-refractivity contribution < 1.29 is 0 Å². The molecule has 5 nitrogen and oxygen atoms in total. The molecule has 0 saturated heterocycles. The first-order valence-electron chi connectivity index (χ1n) is 3.55. The first kappa shape index (κ1) is 8.18. The van der Waals surface area contributed by atoms with Crippen LogP contribution in [-0.4, -0.2) is 26.2 Å². The van der Waals surface area contributed by atoms with E-state index in [0.717, 1.165) is 0 Å². The van der Waals surface area contributed by atoms with Crippen LogP contribution in [0.4, 0.5) is 0 Å². The van der Waals surface area contributed by atoms with Gasteiger partial charge in [0.05, 0.1) is 12.5 Å². The zero-order valence-corrected chi connectivity index (χ0v) is 7.63. The second kappa shape index (κ2) is 3.14. The fourth-order valence-corrected chi connectivity index (χ4v) is 1.27. The molecule has 0 aromatic carbocycles. The Morgan fingerprint density at radius 1 is 1.46 bits per heavy atom. The number of hydrogen-bond donors (Lipinski definition) is 1. The first-order chi connectivity index (χ1) is 6.31. The monoisotopic (exact) mass is 194 g/mol. The number of fused-ring (bicyclic) bond motifs is 1. The Hall–Kier alpha value is -1.43. The van der Waals surface area contributed by atoms with Crippen molar-refractivity contribution >= 4 is 22.9 Å². The lowest BCUT2D eigenvalue weighted by molar-refractivity contribution is 1.05. The van der Waals surface area contributed by atoms with Crippen LogP contribution in [0.15, 0.2) is 22.3 Å². The Morgan fingerprint density at radius 3 is 3.08 bits per heavy atom. The van der Waals surface area contributed by atoms with Crippen molar-refractivity contribution in [1.29, 1.82) is 0 Å². The molecule has 0 aliphatic heterocycles. The van der Waals surface area contributed by atoms with Crippen LogP contribution in [0.25, 0.3) is 11.2 Å². The number of nitrogens with one attached hydrogen (secondary N) is 1. The van der Waals surface area contributed by atoms with Crippen LogP contribution in [0.2, 0.25) is 0 Å². The quantitative estimate of drug-likeness (QED) is 0.667. The fourth-order valence-electron chi connectivity index (χ4n) is 0.932. The Labute approximate surface area is 77.6 Å². The highest BCUT2D eigenvalue weighted by molar-refractivity contribution is 7.98. The minimum absolute atomic E-state index is 0.256. The predicted octanol–water partition coefficient (Wildman–Crippen LogP) is 0.435. The van der Waals surface area contributed by atoms with Crippen molar-refractivity contribution in [1.82, 2.24) is 19.9 Å². The second-order valence-corrected chi connectivity index (χ2v) is 3.14. The Balaban J connectivity index is 2.82. The third-order valence-corrected chi connectivity index (χ3v) is 2.15. The number of rotatable bonds is 1. The minimum Gasteiger partial charge on any atom is -0.311 e. The van der Waals surface area contributed by atoms with Gasteiger partial charge in [0.1, 0.15) is 5.03 Å². The van der Waals surface area contributed by atoms with Gasteiger partial charge in [-0.1, -0.05) is 0 Å². The van der Waals surface area contributed by atoms with Gasteiger partial charge in [-0.25, -0.2) is 15.0 Å². The summed E-state index contributed by atoms with van der Waals surface area (Å²) in [5, 5.41) is 0.714. The lowest BCUT2D eigenvalue weighted by atomic mass is 10.5. The maximum atomic E-state index is 11.2. The molecule has 0 saturated carbocycles. The lowest BCUT2D eigenvalue weighted by Crippen LogP contribution is -2.09. The van der Waals surface area contributed by atoms with Crippen molar-refractivity contribution in [2.75, 3.05) is 6.26 Å². The third-order valence-electron chi connectivity index (χ3n) is 1.54. The SMILES string of the molecule is CSc1cnc2nc[nH]c(=O)c2n1. The Bertz CT molecular complexity index is 495. The van der Waals surface area contributed by atoms with E-state index in [1.54, 1.807) is 6.20 Å². The summed E-state index contributed by atoms with van der Waals surface area (Å²) < 4.78 is 0. The minimum atomic E-state index is -0.256. The molecule has 0 spiro atoms. The van der Waals surface area contributed by atoms with Crippen molar-refractivity contribution in [3.63, 3.8) is 0 Å². The van der Waals surface area contributed by atoms with Gasteiger partial charge in [-0.05, 0) is 6.26 Å². The molecule has 0 bridgehead atoms. The largest absolute Gasteiger partial charge is 0.311 e. The number of aromatic amines is 1. The average Bonchev–Trinajstić information content (AvgIpc) is 2.18. The van der Waals surface area contributed by atoms with E-state index in [1.165, 1.54) is 18.1 Å². The zero-order valence-electron chi connectivity index (χ0n) is 6.81. The highest BCUT2D eigenvalue weighted by Gasteiger charge is 2.02. The van der Waals surface area contributed by atoms with Gasteiger partial charge in [-0.3, -0.25) is 4.79 Å². The fraction of sp³-hybridized carbons (Fsp3) is 0.143. The standard InChI is InChI=1S/C7H6N4OS/c1-13-4-2-8-6-5(11-4)7(12)10-3-9-6/h2-3H,1H3,(H,8,9,10,12). The molecular weight excluding hydrogens is 188 g/mol. The van der Waals surface area contributed by atoms with E-state index >= 15 is 0 Å². The molecule has 0 aliphatic carbocycles. The maximum absolute atomic E-state index is 11.2. The third kappa shape index (κ3) is 1.40. The highest BCUT2D eigenvalue weighted by Crippen LogP contribution is 2.10. The predicted molar refractivity (Wildman–Crippen MR) is 49.7 cm³/mol. The van der Waals surface area contributed by atoms with Crippen molar-refractivity contribution in [2.45, 2.75) is 5.03 Å². The molecule has 6 heteroatoms. The molecule has 0 atom stereocenters.